The van der Waals surface area contributed by atoms with E-state index in [2.05, 4.69) is 10.6 Å². The van der Waals surface area contributed by atoms with Gasteiger partial charge in [0.1, 0.15) is 5.00 Å². The van der Waals surface area contributed by atoms with Crippen molar-refractivity contribution < 1.29 is 18.0 Å². The summed E-state index contributed by atoms with van der Waals surface area (Å²) in [5.41, 5.74) is 1.89. The molecule has 2 heterocycles. The van der Waals surface area contributed by atoms with Crippen molar-refractivity contribution in [1.82, 2.24) is 5.32 Å². The maximum atomic E-state index is 12.9. The Kier molecular flexibility index (Phi) is 5.20. The summed E-state index contributed by atoms with van der Waals surface area (Å²) in [4.78, 5) is 26.7. The lowest BCUT2D eigenvalue weighted by Gasteiger charge is -2.13. The highest BCUT2D eigenvalue weighted by Gasteiger charge is 2.32. The van der Waals surface area contributed by atoms with E-state index in [4.69, 9.17) is 11.6 Å². The van der Waals surface area contributed by atoms with Crippen molar-refractivity contribution in [3.8, 4) is 0 Å². The minimum atomic E-state index is -3.08. The molecule has 148 valence electrons. The molecule has 2 amide bonds. The first kappa shape index (κ1) is 19.4. The highest BCUT2D eigenvalue weighted by molar-refractivity contribution is 7.91. The van der Waals surface area contributed by atoms with Gasteiger partial charge in [0, 0.05) is 21.5 Å². The molecule has 1 saturated heterocycles. The lowest BCUT2D eigenvalue weighted by Crippen LogP contribution is -2.36. The fourth-order valence-electron chi connectivity index (χ4n) is 3.68. The van der Waals surface area contributed by atoms with Crippen molar-refractivity contribution in [2.75, 3.05) is 16.8 Å². The molecule has 2 aliphatic rings. The standard InChI is InChI=1S/C19H19ClN2O4S2/c20-12-6-4-11(5-7-12)17(23)22-19-16(14-2-1-3-15(14)27-19)18(24)21-13-8-9-28(25,26)10-13/h4-7,13H,1-3,8-10H2,(H,21,24)(H,22,23)/t13-/m1/s1. The molecule has 0 bridgehead atoms. The quantitative estimate of drug-likeness (QED) is 0.767. The molecule has 1 atom stereocenters. The highest BCUT2D eigenvalue weighted by Crippen LogP contribution is 2.39. The van der Waals surface area contributed by atoms with Gasteiger partial charge in [0.25, 0.3) is 11.8 Å². The van der Waals surface area contributed by atoms with Crippen LogP contribution in [0.3, 0.4) is 0 Å². The maximum Gasteiger partial charge on any atom is 0.256 e. The van der Waals surface area contributed by atoms with Crippen LogP contribution in [0, 0.1) is 0 Å². The predicted octanol–water partition coefficient (Wildman–Crippen LogP) is 3.06. The number of halogens is 1. The van der Waals surface area contributed by atoms with Crippen LogP contribution in [0.1, 0.15) is 44.0 Å². The number of hydrogen-bond donors (Lipinski definition) is 2. The summed E-state index contributed by atoms with van der Waals surface area (Å²) >= 11 is 7.29. The Balaban J connectivity index is 1.57. The van der Waals surface area contributed by atoms with Crippen LogP contribution in [0.15, 0.2) is 24.3 Å². The number of rotatable bonds is 4. The van der Waals surface area contributed by atoms with Crippen LogP contribution < -0.4 is 10.6 Å². The average Bonchev–Trinajstić information content (AvgIpc) is 3.29. The Bertz CT molecular complexity index is 1040. The summed E-state index contributed by atoms with van der Waals surface area (Å²) < 4.78 is 23.3. The van der Waals surface area contributed by atoms with Crippen molar-refractivity contribution >= 4 is 49.6 Å². The fraction of sp³-hybridized carbons (Fsp3) is 0.368. The SMILES string of the molecule is O=C(Nc1sc2c(c1C(=O)N[C@@H]1CCS(=O)(=O)C1)CCC2)c1ccc(Cl)cc1. The van der Waals surface area contributed by atoms with Gasteiger partial charge in [0.05, 0.1) is 17.1 Å². The molecule has 28 heavy (non-hydrogen) atoms. The summed E-state index contributed by atoms with van der Waals surface area (Å²) in [7, 11) is -3.08. The first-order valence-electron chi connectivity index (χ1n) is 9.05. The van der Waals surface area contributed by atoms with Gasteiger partial charge >= 0.3 is 0 Å². The Morgan fingerprint density at radius 3 is 2.54 bits per heavy atom. The van der Waals surface area contributed by atoms with Crippen molar-refractivity contribution in [3.05, 3.63) is 50.9 Å². The van der Waals surface area contributed by atoms with E-state index >= 15 is 0 Å². The summed E-state index contributed by atoms with van der Waals surface area (Å²) in [6.07, 6.45) is 3.07. The van der Waals surface area contributed by atoms with E-state index in [0.717, 1.165) is 29.7 Å². The normalized spacial score (nSPS) is 20.0. The number of anilines is 1. The Morgan fingerprint density at radius 2 is 1.86 bits per heavy atom. The molecular formula is C19H19ClN2O4S2. The number of nitrogens with one attached hydrogen (secondary N) is 2. The molecule has 0 radical (unpaired) electrons. The van der Waals surface area contributed by atoms with Crippen molar-refractivity contribution in [3.63, 3.8) is 0 Å². The number of carbonyl (C=O) groups excluding carboxylic acids is 2. The summed E-state index contributed by atoms with van der Waals surface area (Å²) in [6.45, 7) is 0. The van der Waals surface area contributed by atoms with Gasteiger partial charge in [-0.05, 0) is 55.5 Å². The van der Waals surface area contributed by atoms with Crippen molar-refractivity contribution in [1.29, 1.82) is 0 Å². The zero-order valence-corrected chi connectivity index (χ0v) is 17.3. The van der Waals surface area contributed by atoms with Crippen LogP contribution in [0.4, 0.5) is 5.00 Å². The minimum absolute atomic E-state index is 0.0302. The molecule has 1 aliphatic heterocycles. The van der Waals surface area contributed by atoms with Gasteiger partial charge in [-0.1, -0.05) is 11.6 Å². The monoisotopic (exact) mass is 438 g/mol. The largest absolute Gasteiger partial charge is 0.348 e. The first-order valence-corrected chi connectivity index (χ1v) is 12.1. The summed E-state index contributed by atoms with van der Waals surface area (Å²) in [6, 6.07) is 6.15. The molecule has 0 unspecified atom stereocenters. The van der Waals surface area contributed by atoms with Crippen LogP contribution in [-0.4, -0.2) is 37.8 Å². The molecule has 0 saturated carbocycles. The molecule has 0 spiro atoms. The lowest BCUT2D eigenvalue weighted by molar-refractivity contribution is 0.0941. The van der Waals surface area contributed by atoms with E-state index in [1.807, 2.05) is 0 Å². The number of amides is 2. The summed E-state index contributed by atoms with van der Waals surface area (Å²) in [5.74, 6) is -0.556. The van der Waals surface area contributed by atoms with E-state index in [0.29, 0.717) is 27.6 Å². The lowest BCUT2D eigenvalue weighted by atomic mass is 10.1. The van der Waals surface area contributed by atoms with Crippen LogP contribution in [0.25, 0.3) is 0 Å². The molecule has 2 aromatic rings. The molecule has 6 nitrogen and oxygen atoms in total. The average molecular weight is 439 g/mol. The molecule has 1 aromatic heterocycles. The minimum Gasteiger partial charge on any atom is -0.348 e. The van der Waals surface area contributed by atoms with E-state index < -0.39 is 9.84 Å². The van der Waals surface area contributed by atoms with Crippen LogP contribution in [0.5, 0.6) is 0 Å². The zero-order valence-electron chi connectivity index (χ0n) is 15.0. The van der Waals surface area contributed by atoms with Crippen LogP contribution in [-0.2, 0) is 22.7 Å². The third-order valence-electron chi connectivity index (χ3n) is 5.05. The number of hydrogen-bond acceptors (Lipinski definition) is 5. The second kappa shape index (κ2) is 7.50. The summed E-state index contributed by atoms with van der Waals surface area (Å²) in [5, 5.41) is 6.76. The number of aryl methyl sites for hydroxylation is 1. The number of sulfone groups is 1. The van der Waals surface area contributed by atoms with Gasteiger partial charge < -0.3 is 10.6 Å². The predicted molar refractivity (Wildman–Crippen MR) is 110 cm³/mol. The smallest absolute Gasteiger partial charge is 0.256 e. The number of benzene rings is 1. The van der Waals surface area contributed by atoms with E-state index in [9.17, 15) is 18.0 Å². The van der Waals surface area contributed by atoms with Gasteiger partial charge in [-0.2, -0.15) is 0 Å². The van der Waals surface area contributed by atoms with Gasteiger partial charge in [-0.15, -0.1) is 11.3 Å². The van der Waals surface area contributed by atoms with E-state index in [1.165, 1.54) is 11.3 Å². The highest BCUT2D eigenvalue weighted by atomic mass is 35.5. The Hall–Kier alpha value is -1.90. The Morgan fingerprint density at radius 1 is 1.11 bits per heavy atom. The van der Waals surface area contributed by atoms with Crippen molar-refractivity contribution in [2.24, 2.45) is 0 Å². The second-order valence-corrected chi connectivity index (χ2v) is 10.9. The number of fused-ring (bicyclic) bond motifs is 1. The topological polar surface area (TPSA) is 92.3 Å². The van der Waals surface area contributed by atoms with Gasteiger partial charge in [-0.3, -0.25) is 9.59 Å². The first-order chi connectivity index (χ1) is 13.3. The van der Waals surface area contributed by atoms with Crippen molar-refractivity contribution in [2.45, 2.75) is 31.7 Å². The maximum absolute atomic E-state index is 12.9. The molecule has 4 rings (SSSR count). The van der Waals surface area contributed by atoms with Crippen LogP contribution in [0.2, 0.25) is 5.02 Å². The third kappa shape index (κ3) is 3.94. The van der Waals surface area contributed by atoms with E-state index in [-0.39, 0.29) is 29.4 Å². The molecule has 9 heteroatoms. The molecule has 1 aliphatic carbocycles. The Labute approximate surface area is 172 Å². The molecule has 1 aromatic carbocycles. The van der Waals surface area contributed by atoms with Gasteiger partial charge in [0.15, 0.2) is 9.84 Å². The van der Waals surface area contributed by atoms with Gasteiger partial charge in [-0.25, -0.2) is 8.42 Å². The number of thiophene rings is 1. The van der Waals surface area contributed by atoms with Gasteiger partial charge in [0.2, 0.25) is 0 Å². The zero-order chi connectivity index (χ0) is 19.9. The third-order valence-corrected chi connectivity index (χ3v) is 8.28. The molecule has 1 fully saturated rings. The fourth-order valence-corrected chi connectivity index (χ4v) is 6.76. The molecular weight excluding hydrogens is 420 g/mol. The number of carbonyl (C=O) groups is 2. The van der Waals surface area contributed by atoms with E-state index in [1.54, 1.807) is 24.3 Å². The molecule has 2 N–H and O–H groups in total. The second-order valence-electron chi connectivity index (χ2n) is 7.10. The van der Waals surface area contributed by atoms with Crippen LogP contribution >= 0.6 is 22.9 Å².